The first-order valence-electron chi connectivity index (χ1n) is 9.79. The van der Waals surface area contributed by atoms with Crippen molar-refractivity contribution in [2.75, 3.05) is 0 Å². The number of aromatic nitrogens is 1. The third-order valence-corrected chi connectivity index (χ3v) is 6.38. The van der Waals surface area contributed by atoms with Gasteiger partial charge in [-0.25, -0.2) is 9.18 Å². The first kappa shape index (κ1) is 17.3. The average Bonchev–Trinajstić information content (AvgIpc) is 3.42. The Balaban J connectivity index is 1.20. The number of amides is 1. The van der Waals surface area contributed by atoms with Gasteiger partial charge in [-0.1, -0.05) is 12.1 Å². The summed E-state index contributed by atoms with van der Waals surface area (Å²) in [6.07, 6.45) is 6.77. The van der Waals surface area contributed by atoms with E-state index in [2.05, 4.69) is 10.3 Å². The number of fused-ring (bicyclic) bond motifs is 2. The summed E-state index contributed by atoms with van der Waals surface area (Å²) in [4.78, 5) is 29.0. The molecule has 6 heteroatoms. The molecule has 2 aliphatic carbocycles. The van der Waals surface area contributed by atoms with Crippen molar-refractivity contribution in [3.8, 4) is 0 Å². The van der Waals surface area contributed by atoms with E-state index < -0.39 is 5.60 Å². The second-order valence-corrected chi connectivity index (χ2v) is 8.09. The molecule has 2 fully saturated rings. The number of hydrogen-bond acceptors (Lipinski definition) is 4. The predicted molar refractivity (Wildman–Crippen MR) is 99.0 cm³/mol. The third kappa shape index (κ3) is 2.87. The van der Waals surface area contributed by atoms with Crippen LogP contribution >= 0.6 is 0 Å². The monoisotopic (exact) mass is 380 g/mol. The van der Waals surface area contributed by atoms with Gasteiger partial charge in [0, 0.05) is 35.8 Å². The molecule has 0 radical (unpaired) electrons. The normalized spacial score (nSPS) is 30.6. The first-order chi connectivity index (χ1) is 13.6. The Morgan fingerprint density at radius 2 is 2.07 bits per heavy atom. The highest BCUT2D eigenvalue weighted by molar-refractivity contribution is 5.94. The molecular formula is C22H21FN2O3. The maximum absolute atomic E-state index is 13.4. The zero-order valence-electron chi connectivity index (χ0n) is 15.4. The summed E-state index contributed by atoms with van der Waals surface area (Å²) < 4.78 is 19.1. The Bertz CT molecular complexity index is 952. The second kappa shape index (κ2) is 6.40. The van der Waals surface area contributed by atoms with Crippen LogP contribution in [0.5, 0.6) is 0 Å². The Hall–Kier alpha value is -2.76. The molecule has 5 nitrogen and oxygen atoms in total. The Labute approximate surface area is 162 Å². The number of rotatable bonds is 3. The third-order valence-electron chi connectivity index (χ3n) is 6.38. The van der Waals surface area contributed by atoms with Crippen molar-refractivity contribution < 1.29 is 18.7 Å². The second-order valence-electron chi connectivity index (χ2n) is 8.09. The minimum Gasteiger partial charge on any atom is -0.450 e. The van der Waals surface area contributed by atoms with E-state index >= 15 is 0 Å². The molecule has 1 aliphatic heterocycles. The van der Waals surface area contributed by atoms with Gasteiger partial charge in [0.15, 0.2) is 0 Å². The fraction of sp³-hybridized carbons (Fsp3) is 0.409. The lowest BCUT2D eigenvalue weighted by atomic mass is 9.75. The number of pyridine rings is 1. The molecule has 2 heterocycles. The van der Waals surface area contributed by atoms with Crippen LogP contribution in [0.15, 0.2) is 42.7 Å². The highest BCUT2D eigenvalue weighted by atomic mass is 19.1. The molecule has 2 atom stereocenters. The maximum Gasteiger partial charge on any atom is 0.339 e. The van der Waals surface area contributed by atoms with Crippen LogP contribution < -0.4 is 5.32 Å². The number of hydrogen-bond donors (Lipinski definition) is 1. The summed E-state index contributed by atoms with van der Waals surface area (Å²) in [6.45, 7) is 0. The van der Waals surface area contributed by atoms with Crippen LogP contribution in [0, 0.1) is 11.7 Å². The van der Waals surface area contributed by atoms with E-state index in [9.17, 15) is 14.0 Å². The van der Waals surface area contributed by atoms with Crippen molar-refractivity contribution in [1.82, 2.24) is 10.3 Å². The van der Waals surface area contributed by atoms with Crippen LogP contribution in [0.3, 0.4) is 0 Å². The standard InChI is InChI=1S/C22H21FN2O3/c23-15-3-1-2-14(10-15)17-11-19(17)25-20(26)13-4-7-22(8-5-13)18-12-24-9-6-16(18)21(27)28-22/h1-3,6,9-10,12-13,17,19H,4-5,7-8,11H2,(H,25,26)/t13?,17-,19+,22?/m0/s1. The minimum atomic E-state index is -0.624. The number of nitrogens with one attached hydrogen (secondary N) is 1. The smallest absolute Gasteiger partial charge is 0.339 e. The van der Waals surface area contributed by atoms with Crippen LogP contribution in [0.25, 0.3) is 0 Å². The zero-order chi connectivity index (χ0) is 19.3. The van der Waals surface area contributed by atoms with Gasteiger partial charge in [0.2, 0.25) is 5.91 Å². The lowest BCUT2D eigenvalue weighted by Crippen LogP contribution is -2.39. The van der Waals surface area contributed by atoms with E-state index in [0.29, 0.717) is 31.2 Å². The van der Waals surface area contributed by atoms with Gasteiger partial charge in [0.25, 0.3) is 0 Å². The van der Waals surface area contributed by atoms with Gasteiger partial charge in [-0.05, 0) is 55.9 Å². The molecule has 1 N–H and O–H groups in total. The summed E-state index contributed by atoms with van der Waals surface area (Å²) >= 11 is 0. The van der Waals surface area contributed by atoms with E-state index in [4.69, 9.17) is 4.74 Å². The van der Waals surface area contributed by atoms with Crippen molar-refractivity contribution in [2.24, 2.45) is 5.92 Å². The molecule has 0 saturated heterocycles. The predicted octanol–water partition coefficient (Wildman–Crippen LogP) is 3.45. The quantitative estimate of drug-likeness (QED) is 0.828. The Morgan fingerprint density at radius 3 is 2.86 bits per heavy atom. The van der Waals surface area contributed by atoms with Gasteiger partial charge in [0.1, 0.15) is 11.4 Å². The SMILES string of the molecule is O=C1OC2(CCC(C(=O)N[C@@H]3C[C@H]3c3cccc(F)c3)CC2)c2cnccc21. The number of ether oxygens (including phenoxy) is 1. The molecule has 0 bridgehead atoms. The number of carbonyl (C=O) groups is 2. The molecule has 144 valence electrons. The topological polar surface area (TPSA) is 68.3 Å². The summed E-state index contributed by atoms with van der Waals surface area (Å²) in [5.74, 6) is -0.374. The van der Waals surface area contributed by atoms with Gasteiger partial charge in [-0.2, -0.15) is 0 Å². The molecule has 0 unspecified atom stereocenters. The van der Waals surface area contributed by atoms with E-state index in [1.165, 1.54) is 6.07 Å². The number of benzene rings is 1. The average molecular weight is 380 g/mol. The fourth-order valence-electron chi connectivity index (χ4n) is 4.70. The van der Waals surface area contributed by atoms with Crippen LogP contribution in [0.2, 0.25) is 0 Å². The molecule has 5 rings (SSSR count). The van der Waals surface area contributed by atoms with Crippen molar-refractivity contribution in [3.63, 3.8) is 0 Å². The molecule has 3 aliphatic rings. The zero-order valence-corrected chi connectivity index (χ0v) is 15.4. The lowest BCUT2D eigenvalue weighted by molar-refractivity contribution is -0.128. The highest BCUT2D eigenvalue weighted by Crippen LogP contribution is 2.48. The van der Waals surface area contributed by atoms with E-state index in [0.717, 1.165) is 17.5 Å². The lowest BCUT2D eigenvalue weighted by Gasteiger charge is -2.35. The molecule has 1 aromatic carbocycles. The first-order valence-corrected chi connectivity index (χ1v) is 9.79. The largest absolute Gasteiger partial charge is 0.450 e. The van der Waals surface area contributed by atoms with Gasteiger partial charge >= 0.3 is 5.97 Å². The summed E-state index contributed by atoms with van der Waals surface area (Å²) in [5.41, 5.74) is 1.76. The maximum atomic E-state index is 13.4. The van der Waals surface area contributed by atoms with Gasteiger partial charge in [-0.15, -0.1) is 0 Å². The van der Waals surface area contributed by atoms with Crippen molar-refractivity contribution in [1.29, 1.82) is 0 Å². The van der Waals surface area contributed by atoms with Gasteiger partial charge < -0.3 is 10.1 Å². The molecule has 2 saturated carbocycles. The summed E-state index contributed by atoms with van der Waals surface area (Å²) in [5, 5.41) is 3.12. The van der Waals surface area contributed by atoms with Crippen LogP contribution in [0.1, 0.15) is 59.5 Å². The molecule has 1 aromatic heterocycles. The van der Waals surface area contributed by atoms with Gasteiger partial charge in [0.05, 0.1) is 5.56 Å². The molecule has 28 heavy (non-hydrogen) atoms. The van der Waals surface area contributed by atoms with Crippen LogP contribution in [-0.4, -0.2) is 22.9 Å². The van der Waals surface area contributed by atoms with Crippen LogP contribution in [-0.2, 0) is 15.1 Å². The summed E-state index contributed by atoms with van der Waals surface area (Å²) in [7, 11) is 0. The molecular weight excluding hydrogens is 359 g/mol. The van der Waals surface area contributed by atoms with Gasteiger partial charge in [-0.3, -0.25) is 9.78 Å². The number of halogens is 1. The van der Waals surface area contributed by atoms with Crippen molar-refractivity contribution in [3.05, 3.63) is 65.2 Å². The number of nitrogens with zero attached hydrogens (tertiary/aromatic N) is 1. The Kier molecular flexibility index (Phi) is 3.96. The molecule has 1 amide bonds. The fourth-order valence-corrected chi connectivity index (χ4v) is 4.70. The Morgan fingerprint density at radius 1 is 1.25 bits per heavy atom. The summed E-state index contributed by atoms with van der Waals surface area (Å²) in [6, 6.07) is 8.37. The van der Waals surface area contributed by atoms with Crippen LogP contribution in [0.4, 0.5) is 4.39 Å². The van der Waals surface area contributed by atoms with Crippen molar-refractivity contribution >= 4 is 11.9 Å². The minimum absolute atomic E-state index is 0.0505. The molecule has 1 spiro atoms. The van der Waals surface area contributed by atoms with E-state index in [1.54, 1.807) is 30.6 Å². The highest BCUT2D eigenvalue weighted by Gasteiger charge is 2.49. The number of esters is 1. The van der Waals surface area contributed by atoms with Crippen molar-refractivity contribution in [2.45, 2.75) is 49.7 Å². The molecule has 2 aromatic rings. The van der Waals surface area contributed by atoms with E-state index in [-0.39, 0.29) is 35.6 Å². The van der Waals surface area contributed by atoms with E-state index in [1.807, 2.05) is 6.07 Å². The number of carbonyl (C=O) groups excluding carboxylic acids is 2.